The Hall–Kier alpha value is -3.02. The molecule has 0 aliphatic carbocycles. The molecule has 27 heavy (non-hydrogen) atoms. The summed E-state index contributed by atoms with van der Waals surface area (Å²) < 4.78 is 7.10. The first-order valence-electron chi connectivity index (χ1n) is 9.14. The molecule has 6 heteroatoms. The van der Waals surface area contributed by atoms with E-state index in [4.69, 9.17) is 4.52 Å². The fourth-order valence-corrected chi connectivity index (χ4v) is 3.23. The van der Waals surface area contributed by atoms with Gasteiger partial charge in [0, 0.05) is 43.3 Å². The number of hydrogen-bond acceptors (Lipinski definition) is 4. The molecule has 6 nitrogen and oxygen atoms in total. The molecule has 0 radical (unpaired) electrons. The second-order valence-corrected chi connectivity index (χ2v) is 6.78. The third-order valence-corrected chi connectivity index (χ3v) is 4.67. The summed E-state index contributed by atoms with van der Waals surface area (Å²) in [7, 11) is 2.06. The highest BCUT2D eigenvalue weighted by Crippen LogP contribution is 2.20. The van der Waals surface area contributed by atoms with Gasteiger partial charge in [-0.2, -0.15) is 0 Å². The minimum atomic E-state index is -0.0584. The second kappa shape index (κ2) is 8.12. The van der Waals surface area contributed by atoms with E-state index < -0.39 is 0 Å². The van der Waals surface area contributed by atoms with Crippen LogP contribution in [0.4, 0.5) is 5.69 Å². The maximum atomic E-state index is 12.6. The van der Waals surface area contributed by atoms with Crippen LogP contribution in [-0.4, -0.2) is 35.8 Å². The Morgan fingerprint density at radius 3 is 2.59 bits per heavy atom. The largest absolute Gasteiger partial charge is 0.375 e. The highest BCUT2D eigenvalue weighted by molar-refractivity contribution is 5.95. The van der Waals surface area contributed by atoms with Crippen LogP contribution in [0.25, 0.3) is 5.82 Å². The van der Waals surface area contributed by atoms with Gasteiger partial charge in [0.2, 0.25) is 0 Å². The molecule has 3 rings (SSSR count). The average Bonchev–Trinajstić information content (AvgIpc) is 3.21. The molecular formula is C21H26N4O2. The van der Waals surface area contributed by atoms with E-state index in [1.54, 1.807) is 0 Å². The molecule has 1 amide bonds. The minimum absolute atomic E-state index is 0.0584. The first kappa shape index (κ1) is 18.8. The Morgan fingerprint density at radius 1 is 1.19 bits per heavy atom. The van der Waals surface area contributed by atoms with E-state index in [-0.39, 0.29) is 5.91 Å². The fourth-order valence-electron chi connectivity index (χ4n) is 3.23. The van der Waals surface area contributed by atoms with Crippen molar-refractivity contribution in [3.8, 4) is 5.82 Å². The first-order valence-corrected chi connectivity index (χ1v) is 9.14. The Morgan fingerprint density at radius 2 is 1.93 bits per heavy atom. The van der Waals surface area contributed by atoms with E-state index in [1.807, 2.05) is 55.7 Å². The van der Waals surface area contributed by atoms with E-state index in [0.29, 0.717) is 17.9 Å². The van der Waals surface area contributed by atoms with Crippen LogP contribution in [0.1, 0.15) is 33.9 Å². The SMILES string of the molecule is Cc1cc(-n2c(C)cc(C(=O)NCCCN(C)c3ccccc3)c2C)no1. The molecule has 2 heterocycles. The molecule has 1 N–H and O–H groups in total. The summed E-state index contributed by atoms with van der Waals surface area (Å²) in [5, 5.41) is 7.08. The van der Waals surface area contributed by atoms with Crippen LogP contribution in [0.2, 0.25) is 0 Å². The van der Waals surface area contributed by atoms with Crippen molar-refractivity contribution in [2.45, 2.75) is 27.2 Å². The zero-order valence-electron chi connectivity index (χ0n) is 16.3. The highest BCUT2D eigenvalue weighted by atomic mass is 16.5. The second-order valence-electron chi connectivity index (χ2n) is 6.78. The van der Waals surface area contributed by atoms with Gasteiger partial charge in [0.05, 0.1) is 5.56 Å². The van der Waals surface area contributed by atoms with Crippen LogP contribution in [0.5, 0.6) is 0 Å². The standard InChI is InChI=1S/C21H26N4O2/c1-15-13-19(17(3)25(15)20-14-16(2)27-23-20)21(26)22-11-8-12-24(4)18-9-6-5-7-10-18/h5-7,9-10,13-14H,8,11-12H2,1-4H3,(H,22,26). The Kier molecular flexibility index (Phi) is 5.64. The van der Waals surface area contributed by atoms with E-state index in [9.17, 15) is 4.79 Å². The van der Waals surface area contributed by atoms with Crippen LogP contribution in [0.3, 0.4) is 0 Å². The smallest absolute Gasteiger partial charge is 0.253 e. The number of rotatable bonds is 7. The third kappa shape index (κ3) is 4.22. The van der Waals surface area contributed by atoms with Crippen molar-refractivity contribution < 1.29 is 9.32 Å². The summed E-state index contributed by atoms with van der Waals surface area (Å²) in [6.45, 7) is 7.24. The molecule has 0 aliphatic heterocycles. The number of aryl methyl sites for hydroxylation is 2. The molecule has 0 unspecified atom stereocenters. The molecule has 2 aromatic heterocycles. The molecule has 0 spiro atoms. The number of nitrogens with one attached hydrogen (secondary N) is 1. The molecule has 0 bridgehead atoms. The first-order chi connectivity index (χ1) is 13.0. The number of para-hydroxylation sites is 1. The summed E-state index contributed by atoms with van der Waals surface area (Å²) in [6.07, 6.45) is 0.873. The van der Waals surface area contributed by atoms with Crippen molar-refractivity contribution in [1.82, 2.24) is 15.0 Å². The van der Waals surface area contributed by atoms with Gasteiger partial charge in [-0.25, -0.2) is 0 Å². The number of aromatic nitrogens is 2. The van der Waals surface area contributed by atoms with Crippen molar-refractivity contribution in [3.63, 3.8) is 0 Å². The van der Waals surface area contributed by atoms with Crippen LogP contribution in [0.15, 0.2) is 47.0 Å². The van der Waals surface area contributed by atoms with Crippen LogP contribution in [-0.2, 0) is 0 Å². The quantitative estimate of drug-likeness (QED) is 0.649. The number of carbonyl (C=O) groups is 1. The summed E-state index contributed by atoms with van der Waals surface area (Å²) in [5.41, 5.74) is 3.66. The molecule has 142 valence electrons. The maximum Gasteiger partial charge on any atom is 0.253 e. The van der Waals surface area contributed by atoms with Gasteiger partial charge in [-0.05, 0) is 45.4 Å². The summed E-state index contributed by atoms with van der Waals surface area (Å²) >= 11 is 0. The Balaban J connectivity index is 1.57. The average molecular weight is 366 g/mol. The minimum Gasteiger partial charge on any atom is -0.375 e. The Labute approximate surface area is 159 Å². The molecule has 0 saturated heterocycles. The number of amides is 1. The van der Waals surface area contributed by atoms with Gasteiger partial charge in [-0.3, -0.25) is 9.36 Å². The molecule has 1 aromatic carbocycles. The van der Waals surface area contributed by atoms with Crippen LogP contribution >= 0.6 is 0 Å². The molecule has 0 atom stereocenters. The topological polar surface area (TPSA) is 63.3 Å². The molecule has 0 aliphatic rings. The van der Waals surface area contributed by atoms with Crippen LogP contribution in [0, 0.1) is 20.8 Å². The van der Waals surface area contributed by atoms with Crippen molar-refractivity contribution >= 4 is 11.6 Å². The van der Waals surface area contributed by atoms with Gasteiger partial charge in [0.1, 0.15) is 5.76 Å². The lowest BCUT2D eigenvalue weighted by Crippen LogP contribution is -2.28. The fraction of sp³-hybridized carbons (Fsp3) is 0.333. The summed E-state index contributed by atoms with van der Waals surface area (Å²) in [6, 6.07) is 14.0. The molecular weight excluding hydrogens is 340 g/mol. The van der Waals surface area contributed by atoms with E-state index in [0.717, 1.165) is 30.1 Å². The Bertz CT molecular complexity index is 912. The number of hydrogen-bond donors (Lipinski definition) is 1. The van der Waals surface area contributed by atoms with Gasteiger partial charge in [-0.1, -0.05) is 23.4 Å². The number of anilines is 1. The van der Waals surface area contributed by atoms with E-state index in [2.05, 4.69) is 34.6 Å². The van der Waals surface area contributed by atoms with Crippen molar-refractivity contribution in [1.29, 1.82) is 0 Å². The lowest BCUT2D eigenvalue weighted by Gasteiger charge is -2.19. The van der Waals surface area contributed by atoms with Crippen molar-refractivity contribution in [2.24, 2.45) is 0 Å². The third-order valence-electron chi connectivity index (χ3n) is 4.67. The molecule has 0 saturated carbocycles. The number of benzene rings is 1. The lowest BCUT2D eigenvalue weighted by molar-refractivity contribution is 0.0953. The highest BCUT2D eigenvalue weighted by Gasteiger charge is 2.18. The normalized spacial score (nSPS) is 10.8. The van der Waals surface area contributed by atoms with Crippen LogP contribution < -0.4 is 10.2 Å². The van der Waals surface area contributed by atoms with Gasteiger partial charge in [0.25, 0.3) is 5.91 Å². The summed E-state index contributed by atoms with van der Waals surface area (Å²) in [4.78, 5) is 14.8. The molecule has 0 fully saturated rings. The predicted molar refractivity (Wildman–Crippen MR) is 107 cm³/mol. The summed E-state index contributed by atoms with van der Waals surface area (Å²) in [5.74, 6) is 1.38. The van der Waals surface area contributed by atoms with Gasteiger partial charge >= 0.3 is 0 Å². The maximum absolute atomic E-state index is 12.6. The van der Waals surface area contributed by atoms with E-state index >= 15 is 0 Å². The number of carbonyl (C=O) groups excluding carboxylic acids is 1. The predicted octanol–water partition coefficient (Wildman–Crippen LogP) is 3.65. The van der Waals surface area contributed by atoms with Gasteiger partial charge in [-0.15, -0.1) is 0 Å². The van der Waals surface area contributed by atoms with Gasteiger partial charge in [0.15, 0.2) is 5.82 Å². The van der Waals surface area contributed by atoms with Gasteiger partial charge < -0.3 is 14.7 Å². The monoisotopic (exact) mass is 366 g/mol. The molecule has 3 aromatic rings. The zero-order valence-corrected chi connectivity index (χ0v) is 16.3. The van der Waals surface area contributed by atoms with E-state index in [1.165, 1.54) is 5.69 Å². The van der Waals surface area contributed by atoms with Crippen molar-refractivity contribution in [3.05, 3.63) is 65.2 Å². The lowest BCUT2D eigenvalue weighted by atomic mass is 10.2. The number of nitrogens with zero attached hydrogens (tertiary/aromatic N) is 3. The van der Waals surface area contributed by atoms with Crippen molar-refractivity contribution in [2.75, 3.05) is 25.0 Å². The zero-order chi connectivity index (χ0) is 19.4.